The van der Waals surface area contributed by atoms with Crippen LogP contribution in [0, 0.1) is 5.82 Å². The maximum atomic E-state index is 13.8. The largest absolute Gasteiger partial charge is 0.299 e. The molecule has 0 aliphatic carbocycles. The van der Waals surface area contributed by atoms with E-state index in [-0.39, 0.29) is 17.6 Å². The quantitative estimate of drug-likeness (QED) is 0.761. The first-order valence-electron chi connectivity index (χ1n) is 9.27. The van der Waals surface area contributed by atoms with Gasteiger partial charge in [-0.15, -0.1) is 0 Å². The van der Waals surface area contributed by atoms with Gasteiger partial charge in [-0.05, 0) is 18.2 Å². The first kappa shape index (κ1) is 17.8. The Labute approximate surface area is 158 Å². The van der Waals surface area contributed by atoms with E-state index in [1.165, 1.54) is 11.0 Å². The number of fused-ring (bicyclic) bond motifs is 1. The van der Waals surface area contributed by atoms with Crippen LogP contribution in [-0.2, 0) is 6.54 Å². The van der Waals surface area contributed by atoms with E-state index in [0.29, 0.717) is 30.8 Å². The van der Waals surface area contributed by atoms with Gasteiger partial charge in [0.1, 0.15) is 5.82 Å². The van der Waals surface area contributed by atoms with E-state index in [9.17, 15) is 14.0 Å². The molecule has 0 aromatic heterocycles. The Balaban J connectivity index is 1.28. The number of carbonyl (C=O) groups excluding carboxylic acids is 2. The third-order valence-electron chi connectivity index (χ3n) is 5.33. The molecule has 0 radical (unpaired) electrons. The molecule has 2 aliphatic rings. The van der Waals surface area contributed by atoms with Crippen molar-refractivity contribution < 1.29 is 14.0 Å². The number of amides is 2. The number of piperazine rings is 1. The first-order chi connectivity index (χ1) is 13.1. The normalized spacial score (nSPS) is 18.2. The number of hydrogen-bond acceptors (Lipinski definition) is 4. The van der Waals surface area contributed by atoms with Crippen LogP contribution in [0.3, 0.4) is 0 Å². The van der Waals surface area contributed by atoms with Crippen LogP contribution in [0.4, 0.5) is 4.39 Å². The maximum Gasteiger partial charge on any atom is 0.261 e. The van der Waals surface area contributed by atoms with Crippen molar-refractivity contribution in [3.63, 3.8) is 0 Å². The molecule has 5 nitrogen and oxygen atoms in total. The van der Waals surface area contributed by atoms with Crippen molar-refractivity contribution in [3.8, 4) is 0 Å². The van der Waals surface area contributed by atoms with E-state index in [1.807, 2.05) is 12.1 Å². The van der Waals surface area contributed by atoms with Crippen LogP contribution in [0.1, 0.15) is 26.3 Å². The number of carbonyl (C=O) groups is 2. The highest BCUT2D eigenvalue weighted by molar-refractivity contribution is 6.21. The summed E-state index contributed by atoms with van der Waals surface area (Å²) in [5.74, 6) is -0.562. The van der Waals surface area contributed by atoms with E-state index < -0.39 is 0 Å². The van der Waals surface area contributed by atoms with Crippen molar-refractivity contribution in [2.45, 2.75) is 6.54 Å². The van der Waals surface area contributed by atoms with Gasteiger partial charge in [-0.25, -0.2) is 4.39 Å². The van der Waals surface area contributed by atoms with Gasteiger partial charge in [0.25, 0.3) is 11.8 Å². The summed E-state index contributed by atoms with van der Waals surface area (Å²) in [5, 5.41) is 0. The summed E-state index contributed by atoms with van der Waals surface area (Å²) in [6, 6.07) is 13.9. The summed E-state index contributed by atoms with van der Waals surface area (Å²) < 4.78 is 13.8. The second kappa shape index (κ2) is 7.58. The fourth-order valence-electron chi connectivity index (χ4n) is 3.72. The number of benzene rings is 2. The molecule has 2 amide bonds. The van der Waals surface area contributed by atoms with Crippen molar-refractivity contribution >= 4 is 11.8 Å². The SMILES string of the molecule is O=C1c2ccccc2C(=O)N1CCN1CCN(Cc2ccccc2F)CC1. The highest BCUT2D eigenvalue weighted by Crippen LogP contribution is 2.22. The lowest BCUT2D eigenvalue weighted by atomic mass is 10.1. The van der Waals surface area contributed by atoms with E-state index in [4.69, 9.17) is 0 Å². The zero-order valence-electron chi connectivity index (χ0n) is 15.1. The second-order valence-corrected chi connectivity index (χ2v) is 7.02. The van der Waals surface area contributed by atoms with Crippen molar-refractivity contribution in [2.24, 2.45) is 0 Å². The average molecular weight is 367 g/mol. The third kappa shape index (κ3) is 3.63. The number of nitrogens with zero attached hydrogens (tertiary/aromatic N) is 3. The Morgan fingerprint density at radius 2 is 1.30 bits per heavy atom. The second-order valence-electron chi connectivity index (χ2n) is 7.02. The Kier molecular flexibility index (Phi) is 5.01. The van der Waals surface area contributed by atoms with Crippen LogP contribution in [0.15, 0.2) is 48.5 Å². The van der Waals surface area contributed by atoms with Crippen molar-refractivity contribution in [1.29, 1.82) is 0 Å². The molecule has 0 N–H and O–H groups in total. The van der Waals surface area contributed by atoms with E-state index in [1.54, 1.807) is 30.3 Å². The highest BCUT2D eigenvalue weighted by atomic mass is 19.1. The highest BCUT2D eigenvalue weighted by Gasteiger charge is 2.35. The fraction of sp³-hybridized carbons (Fsp3) is 0.333. The molecule has 0 unspecified atom stereocenters. The van der Waals surface area contributed by atoms with Crippen LogP contribution in [0.25, 0.3) is 0 Å². The van der Waals surface area contributed by atoms with E-state index >= 15 is 0 Å². The standard InChI is InChI=1S/C21H22FN3O2/c22-19-8-4-1-5-16(19)15-24-11-9-23(10-12-24)13-14-25-20(26)17-6-2-3-7-18(17)21(25)27/h1-8H,9-15H2. The molecular weight excluding hydrogens is 345 g/mol. The molecular formula is C21H22FN3O2. The van der Waals surface area contributed by atoms with Gasteiger partial charge >= 0.3 is 0 Å². The number of imide groups is 1. The number of hydrogen-bond donors (Lipinski definition) is 0. The van der Waals surface area contributed by atoms with Crippen LogP contribution >= 0.6 is 0 Å². The molecule has 27 heavy (non-hydrogen) atoms. The van der Waals surface area contributed by atoms with Gasteiger partial charge in [-0.1, -0.05) is 30.3 Å². The minimum atomic E-state index is -0.200. The minimum Gasteiger partial charge on any atom is -0.299 e. The summed E-state index contributed by atoms with van der Waals surface area (Å²) in [5.41, 5.74) is 1.71. The zero-order chi connectivity index (χ0) is 18.8. The van der Waals surface area contributed by atoms with E-state index in [0.717, 1.165) is 31.7 Å². The summed E-state index contributed by atoms with van der Waals surface area (Å²) in [6.45, 7) is 5.06. The lowest BCUT2D eigenvalue weighted by Gasteiger charge is -2.35. The number of rotatable bonds is 5. The molecule has 2 aromatic carbocycles. The van der Waals surface area contributed by atoms with Gasteiger partial charge < -0.3 is 0 Å². The average Bonchev–Trinajstić information content (AvgIpc) is 2.94. The molecule has 0 atom stereocenters. The molecule has 4 rings (SSSR count). The van der Waals surface area contributed by atoms with Crippen LogP contribution in [-0.4, -0.2) is 65.8 Å². The molecule has 2 aliphatic heterocycles. The van der Waals surface area contributed by atoms with Crippen molar-refractivity contribution in [3.05, 3.63) is 71.0 Å². The molecule has 140 valence electrons. The van der Waals surface area contributed by atoms with Gasteiger partial charge in [0.05, 0.1) is 11.1 Å². The van der Waals surface area contributed by atoms with Crippen LogP contribution < -0.4 is 0 Å². The molecule has 2 aromatic rings. The lowest BCUT2D eigenvalue weighted by Crippen LogP contribution is -2.48. The topological polar surface area (TPSA) is 43.9 Å². The fourth-order valence-corrected chi connectivity index (χ4v) is 3.72. The van der Waals surface area contributed by atoms with Gasteiger partial charge in [0.15, 0.2) is 0 Å². The molecule has 1 fully saturated rings. The third-order valence-corrected chi connectivity index (χ3v) is 5.33. The predicted octanol–water partition coefficient (Wildman–Crippen LogP) is 2.24. The Hall–Kier alpha value is -2.57. The van der Waals surface area contributed by atoms with E-state index in [2.05, 4.69) is 9.80 Å². The summed E-state index contributed by atoms with van der Waals surface area (Å²) >= 11 is 0. The van der Waals surface area contributed by atoms with Gasteiger partial charge in [-0.3, -0.25) is 24.3 Å². The van der Waals surface area contributed by atoms with Crippen molar-refractivity contribution in [2.75, 3.05) is 39.3 Å². The first-order valence-corrected chi connectivity index (χ1v) is 9.27. The minimum absolute atomic E-state index is 0.162. The molecule has 2 heterocycles. The molecule has 0 saturated carbocycles. The smallest absolute Gasteiger partial charge is 0.261 e. The number of halogens is 1. The molecule has 1 saturated heterocycles. The molecule has 6 heteroatoms. The van der Waals surface area contributed by atoms with Gasteiger partial charge in [-0.2, -0.15) is 0 Å². The summed E-state index contributed by atoms with van der Waals surface area (Å²) in [6.07, 6.45) is 0. The monoisotopic (exact) mass is 367 g/mol. The van der Waals surface area contributed by atoms with Gasteiger partial charge in [0.2, 0.25) is 0 Å². The van der Waals surface area contributed by atoms with Crippen LogP contribution in [0.2, 0.25) is 0 Å². The molecule has 0 bridgehead atoms. The Morgan fingerprint density at radius 1 is 0.741 bits per heavy atom. The van der Waals surface area contributed by atoms with Crippen LogP contribution in [0.5, 0.6) is 0 Å². The van der Waals surface area contributed by atoms with Crippen molar-refractivity contribution in [1.82, 2.24) is 14.7 Å². The summed E-state index contributed by atoms with van der Waals surface area (Å²) in [7, 11) is 0. The summed E-state index contributed by atoms with van der Waals surface area (Å²) in [4.78, 5) is 30.6. The maximum absolute atomic E-state index is 13.8. The Bertz CT molecular complexity index is 827. The molecule has 0 spiro atoms. The lowest BCUT2D eigenvalue weighted by molar-refractivity contribution is 0.0612. The predicted molar refractivity (Wildman–Crippen MR) is 99.9 cm³/mol. The Morgan fingerprint density at radius 3 is 1.93 bits per heavy atom. The zero-order valence-corrected chi connectivity index (χ0v) is 15.1. The van der Waals surface area contributed by atoms with Gasteiger partial charge in [0, 0.05) is 51.4 Å².